The Morgan fingerprint density at radius 1 is 0.889 bits per heavy atom. The Morgan fingerprint density at radius 2 is 1.44 bits per heavy atom. The monoisotopic (exact) mass is 505 g/mol. The average molecular weight is 506 g/mol. The molecule has 10 N–H and O–H groups in total. The maximum Gasteiger partial charge on any atom is 0.326 e. The molecule has 1 aromatic carbocycles. The van der Waals surface area contributed by atoms with Crippen molar-refractivity contribution >= 4 is 29.7 Å². The van der Waals surface area contributed by atoms with Crippen LogP contribution in [0.5, 0.6) is 0 Å². The van der Waals surface area contributed by atoms with Gasteiger partial charge in [-0.15, -0.1) is 0 Å². The minimum Gasteiger partial charge on any atom is -0.480 e. The van der Waals surface area contributed by atoms with E-state index in [1.165, 1.54) is 6.92 Å². The van der Waals surface area contributed by atoms with Crippen LogP contribution < -0.4 is 33.2 Å². The number of carboxylic acid groups (broad SMARTS) is 1. The van der Waals surface area contributed by atoms with Crippen LogP contribution in [0.25, 0.3) is 0 Å². The summed E-state index contributed by atoms with van der Waals surface area (Å²) < 4.78 is 0. The van der Waals surface area contributed by atoms with Gasteiger partial charge in [-0.3, -0.25) is 19.4 Å². The Morgan fingerprint density at radius 3 is 1.97 bits per heavy atom. The van der Waals surface area contributed by atoms with Crippen molar-refractivity contribution in [1.29, 1.82) is 0 Å². The van der Waals surface area contributed by atoms with Crippen molar-refractivity contribution in [2.45, 2.75) is 70.6 Å². The number of nitrogens with zero attached hydrogens (tertiary/aromatic N) is 1. The summed E-state index contributed by atoms with van der Waals surface area (Å²) >= 11 is 0. The number of carbonyl (C=O) groups is 4. The third kappa shape index (κ3) is 11.6. The van der Waals surface area contributed by atoms with E-state index in [2.05, 4.69) is 20.9 Å². The van der Waals surface area contributed by atoms with Crippen LogP contribution >= 0.6 is 0 Å². The van der Waals surface area contributed by atoms with Gasteiger partial charge in [-0.25, -0.2) is 4.79 Å². The second-order valence-corrected chi connectivity index (χ2v) is 9.08. The molecule has 0 bridgehead atoms. The van der Waals surface area contributed by atoms with Crippen molar-refractivity contribution in [1.82, 2.24) is 16.0 Å². The molecule has 0 aromatic heterocycles. The summed E-state index contributed by atoms with van der Waals surface area (Å²) in [5.74, 6) is -3.02. The number of carbonyl (C=O) groups excluding carboxylic acids is 3. The van der Waals surface area contributed by atoms with Crippen LogP contribution in [0.15, 0.2) is 35.3 Å². The maximum atomic E-state index is 13.2. The SMILES string of the molecule is CC(C)CC(NC(=O)C(Cc1ccccc1)NC(=O)C(CCCN=C(N)N)NC(=O)C(C)N)C(=O)O. The summed E-state index contributed by atoms with van der Waals surface area (Å²) in [6.07, 6.45) is 0.908. The van der Waals surface area contributed by atoms with Crippen molar-refractivity contribution < 1.29 is 24.3 Å². The number of hydrogen-bond acceptors (Lipinski definition) is 6. The van der Waals surface area contributed by atoms with E-state index in [1.807, 2.05) is 19.9 Å². The van der Waals surface area contributed by atoms with E-state index in [-0.39, 0.29) is 37.7 Å². The second kappa shape index (κ2) is 15.4. The Bertz CT molecular complexity index is 901. The fourth-order valence-electron chi connectivity index (χ4n) is 3.37. The molecule has 0 heterocycles. The number of rotatable bonds is 15. The highest BCUT2D eigenvalue weighted by atomic mass is 16.4. The van der Waals surface area contributed by atoms with Crippen LogP contribution in [-0.2, 0) is 25.6 Å². The van der Waals surface area contributed by atoms with Gasteiger partial charge >= 0.3 is 5.97 Å². The Labute approximate surface area is 211 Å². The first-order chi connectivity index (χ1) is 16.9. The number of guanidine groups is 1. The summed E-state index contributed by atoms with van der Waals surface area (Å²) in [5.41, 5.74) is 17.1. The van der Waals surface area contributed by atoms with Gasteiger partial charge in [0.2, 0.25) is 17.7 Å². The van der Waals surface area contributed by atoms with Crippen molar-refractivity contribution in [2.24, 2.45) is 28.1 Å². The third-order valence-electron chi connectivity index (χ3n) is 5.23. The lowest BCUT2D eigenvalue weighted by atomic mass is 10.0. The molecular weight excluding hydrogens is 466 g/mol. The molecule has 200 valence electrons. The molecule has 12 nitrogen and oxygen atoms in total. The van der Waals surface area contributed by atoms with Crippen molar-refractivity contribution in [2.75, 3.05) is 6.54 Å². The lowest BCUT2D eigenvalue weighted by Crippen LogP contribution is -2.57. The van der Waals surface area contributed by atoms with Gasteiger partial charge in [0.1, 0.15) is 18.1 Å². The minimum absolute atomic E-state index is 0.0247. The highest BCUT2D eigenvalue weighted by Crippen LogP contribution is 2.09. The maximum absolute atomic E-state index is 13.2. The highest BCUT2D eigenvalue weighted by molar-refractivity contribution is 5.94. The molecule has 0 saturated carbocycles. The number of nitrogens with one attached hydrogen (secondary N) is 3. The molecular formula is C24H39N7O5. The first-order valence-corrected chi connectivity index (χ1v) is 11.9. The normalized spacial score (nSPS) is 14.1. The van der Waals surface area contributed by atoms with Gasteiger partial charge in [-0.2, -0.15) is 0 Å². The van der Waals surface area contributed by atoms with Crippen molar-refractivity contribution in [3.8, 4) is 0 Å². The van der Waals surface area contributed by atoms with Crippen LogP contribution in [0.2, 0.25) is 0 Å². The predicted molar refractivity (Wildman–Crippen MR) is 137 cm³/mol. The first-order valence-electron chi connectivity index (χ1n) is 11.9. The van der Waals surface area contributed by atoms with Crippen LogP contribution in [0.4, 0.5) is 0 Å². The zero-order chi connectivity index (χ0) is 27.3. The predicted octanol–water partition coefficient (Wildman–Crippen LogP) is -0.785. The van der Waals surface area contributed by atoms with Gasteiger partial charge < -0.3 is 38.3 Å². The van der Waals surface area contributed by atoms with Crippen molar-refractivity contribution in [3.05, 3.63) is 35.9 Å². The molecule has 0 radical (unpaired) electrons. The Kier molecular flexibility index (Phi) is 12.9. The molecule has 12 heteroatoms. The lowest BCUT2D eigenvalue weighted by Gasteiger charge is -2.25. The molecule has 36 heavy (non-hydrogen) atoms. The van der Waals surface area contributed by atoms with Crippen LogP contribution in [-0.4, -0.2) is 65.5 Å². The second-order valence-electron chi connectivity index (χ2n) is 9.08. The van der Waals surface area contributed by atoms with E-state index < -0.39 is 47.9 Å². The summed E-state index contributed by atoms with van der Waals surface area (Å²) in [4.78, 5) is 54.1. The fraction of sp³-hybridized carbons (Fsp3) is 0.542. The molecule has 4 unspecified atom stereocenters. The lowest BCUT2D eigenvalue weighted by molar-refractivity contribution is -0.142. The van der Waals surface area contributed by atoms with E-state index in [0.717, 1.165) is 5.56 Å². The Balaban J connectivity index is 3.10. The molecule has 1 rings (SSSR count). The number of aliphatic imine (C=N–C) groups is 1. The molecule has 0 saturated heterocycles. The van der Waals surface area contributed by atoms with E-state index in [4.69, 9.17) is 17.2 Å². The van der Waals surface area contributed by atoms with Gasteiger partial charge in [0.05, 0.1) is 6.04 Å². The quantitative estimate of drug-likeness (QED) is 0.0908. The zero-order valence-electron chi connectivity index (χ0n) is 21.1. The topological polar surface area (TPSA) is 215 Å². The standard InChI is InChI=1S/C24H39N7O5/c1-14(2)12-19(23(35)36)31-22(34)18(13-16-8-5-4-6-9-16)30-21(33)17(29-20(32)15(3)25)10-7-11-28-24(26)27/h4-6,8-9,14-15,17-19H,7,10-13,25H2,1-3H3,(H,29,32)(H,30,33)(H,31,34)(H,35,36)(H4,26,27,28). The van der Waals surface area contributed by atoms with Gasteiger partial charge in [-0.1, -0.05) is 44.2 Å². The number of benzene rings is 1. The van der Waals surface area contributed by atoms with Crippen LogP contribution in [0.3, 0.4) is 0 Å². The van der Waals surface area contributed by atoms with Crippen molar-refractivity contribution in [3.63, 3.8) is 0 Å². The molecule has 0 aliphatic carbocycles. The first kappa shape index (κ1) is 30.4. The average Bonchev–Trinajstić information content (AvgIpc) is 2.79. The summed E-state index contributed by atoms with van der Waals surface area (Å²) in [7, 11) is 0. The molecule has 0 spiro atoms. The molecule has 0 aliphatic rings. The number of nitrogens with two attached hydrogens (primary N) is 3. The zero-order valence-corrected chi connectivity index (χ0v) is 21.1. The van der Waals surface area contributed by atoms with E-state index in [1.54, 1.807) is 24.3 Å². The van der Waals surface area contributed by atoms with Gasteiger partial charge in [0, 0.05) is 13.0 Å². The van der Waals surface area contributed by atoms with E-state index in [0.29, 0.717) is 6.42 Å². The third-order valence-corrected chi connectivity index (χ3v) is 5.23. The van der Waals surface area contributed by atoms with Crippen LogP contribution in [0.1, 0.15) is 45.6 Å². The fourth-order valence-corrected chi connectivity index (χ4v) is 3.37. The summed E-state index contributed by atoms with van der Waals surface area (Å²) in [5, 5.41) is 17.3. The van der Waals surface area contributed by atoms with E-state index in [9.17, 15) is 24.3 Å². The minimum atomic E-state index is -1.16. The number of aliphatic carboxylic acids is 1. The van der Waals surface area contributed by atoms with Gasteiger partial charge in [0.25, 0.3) is 0 Å². The summed E-state index contributed by atoms with van der Waals surface area (Å²) in [6.45, 7) is 5.42. The molecule has 0 fully saturated rings. The molecule has 1 aromatic rings. The summed E-state index contributed by atoms with van der Waals surface area (Å²) in [6, 6.07) is 4.93. The van der Waals surface area contributed by atoms with E-state index >= 15 is 0 Å². The smallest absolute Gasteiger partial charge is 0.326 e. The number of amides is 3. The van der Waals surface area contributed by atoms with Gasteiger partial charge in [-0.05, 0) is 37.7 Å². The number of hydrogen-bond donors (Lipinski definition) is 7. The van der Waals surface area contributed by atoms with Crippen LogP contribution in [0, 0.1) is 5.92 Å². The van der Waals surface area contributed by atoms with Gasteiger partial charge in [0.15, 0.2) is 5.96 Å². The largest absolute Gasteiger partial charge is 0.480 e. The highest BCUT2D eigenvalue weighted by Gasteiger charge is 2.30. The Hall–Kier alpha value is -3.67. The number of carboxylic acids is 1. The molecule has 4 atom stereocenters. The molecule has 0 aliphatic heterocycles. The molecule has 3 amide bonds.